The van der Waals surface area contributed by atoms with E-state index in [9.17, 15) is 14.0 Å². The number of hydrogen-bond donors (Lipinski definition) is 2. The van der Waals surface area contributed by atoms with Gasteiger partial charge in [0.15, 0.2) is 6.61 Å². The Labute approximate surface area is 186 Å². The number of hydrogen-bond acceptors (Lipinski definition) is 5. The van der Waals surface area contributed by atoms with Gasteiger partial charge in [0.25, 0.3) is 11.8 Å². The summed E-state index contributed by atoms with van der Waals surface area (Å²) in [6.07, 6.45) is 9.44. The average molecular weight is 465 g/mol. The van der Waals surface area contributed by atoms with Crippen LogP contribution in [0.15, 0.2) is 28.5 Å². The molecule has 0 spiro atoms. The third-order valence-corrected chi connectivity index (χ3v) is 7.91. The molecule has 5 rings (SSSR count). The molecule has 3 saturated carbocycles. The van der Waals surface area contributed by atoms with Crippen LogP contribution < -0.4 is 15.4 Å². The van der Waals surface area contributed by atoms with Crippen LogP contribution in [0.5, 0.6) is 5.75 Å². The van der Waals surface area contributed by atoms with Crippen LogP contribution in [0, 0.1) is 18.2 Å². The number of carbonyl (C=O) groups excluding carboxylic acids is 2. The topological polar surface area (TPSA) is 67.4 Å². The van der Waals surface area contributed by atoms with Gasteiger partial charge in [0.05, 0.1) is 14.1 Å². The number of terminal acetylenes is 1. The third kappa shape index (κ3) is 3.89. The van der Waals surface area contributed by atoms with E-state index < -0.39 is 5.82 Å². The maximum absolute atomic E-state index is 13.4. The number of nitrogens with one attached hydrogen (secondary N) is 2. The molecule has 0 saturated heterocycles. The van der Waals surface area contributed by atoms with Crippen molar-refractivity contribution < 1.29 is 18.7 Å². The maximum Gasteiger partial charge on any atom is 0.261 e. The molecule has 1 aromatic heterocycles. The lowest BCUT2D eigenvalue weighted by atomic mass is 9.44. The van der Waals surface area contributed by atoms with Crippen LogP contribution in [0.4, 0.5) is 4.39 Å². The standard InChI is InChI=1S/C21H18ClFN2O3S2/c1-3-12-6-16(30-19(12)29-2)18(27)25-21-9-20(10-21,11-21)24-17(26)8-28-13-4-5-14(22)15(23)7-13/h1,4-7H,8-11H2,2H3,(H,24,26)(H,25,27). The van der Waals surface area contributed by atoms with E-state index in [1.54, 1.807) is 6.07 Å². The molecule has 1 aromatic carbocycles. The van der Waals surface area contributed by atoms with Gasteiger partial charge in [-0.2, -0.15) is 0 Å². The van der Waals surface area contributed by atoms with Crippen LogP contribution >= 0.6 is 34.7 Å². The van der Waals surface area contributed by atoms with Crippen molar-refractivity contribution in [3.8, 4) is 18.1 Å². The van der Waals surface area contributed by atoms with Crippen LogP contribution in [0.1, 0.15) is 34.5 Å². The molecule has 2 bridgehead atoms. The van der Waals surface area contributed by atoms with Crippen molar-refractivity contribution in [2.75, 3.05) is 12.9 Å². The molecule has 0 radical (unpaired) electrons. The SMILES string of the molecule is C#Cc1cc(C(=O)NC23CC(NC(=O)COc4ccc(Cl)c(F)c4)(C2)C3)sc1SC. The largest absolute Gasteiger partial charge is 0.484 e. The van der Waals surface area contributed by atoms with Crippen LogP contribution in [-0.4, -0.2) is 35.8 Å². The first-order valence-corrected chi connectivity index (χ1v) is 11.5. The molecule has 3 aliphatic rings. The summed E-state index contributed by atoms with van der Waals surface area (Å²) in [7, 11) is 0. The van der Waals surface area contributed by atoms with E-state index in [0.717, 1.165) is 15.8 Å². The Hall–Kier alpha value is -2.21. The Bertz CT molecular complexity index is 1060. The quantitative estimate of drug-likeness (QED) is 0.482. The van der Waals surface area contributed by atoms with Gasteiger partial charge in [-0.05, 0) is 43.7 Å². The molecular formula is C21H18ClFN2O3S2. The number of thiophene rings is 1. The molecule has 2 aromatic rings. The number of ether oxygens (including phenoxy) is 1. The van der Waals surface area contributed by atoms with Gasteiger partial charge in [-0.3, -0.25) is 9.59 Å². The molecule has 0 atom stereocenters. The van der Waals surface area contributed by atoms with Gasteiger partial charge < -0.3 is 15.4 Å². The molecule has 0 aliphatic heterocycles. The fraction of sp³-hybridized carbons (Fsp3) is 0.333. The summed E-state index contributed by atoms with van der Waals surface area (Å²) < 4.78 is 19.7. The van der Waals surface area contributed by atoms with E-state index in [-0.39, 0.29) is 40.3 Å². The zero-order chi connectivity index (χ0) is 21.5. The highest BCUT2D eigenvalue weighted by atomic mass is 35.5. The molecule has 1 heterocycles. The lowest BCUT2D eigenvalue weighted by Crippen LogP contribution is -2.84. The first-order valence-electron chi connectivity index (χ1n) is 9.13. The Morgan fingerprint density at radius 2 is 2.00 bits per heavy atom. The zero-order valence-electron chi connectivity index (χ0n) is 16.0. The molecule has 9 heteroatoms. The summed E-state index contributed by atoms with van der Waals surface area (Å²) in [6.45, 7) is -0.219. The highest BCUT2D eigenvalue weighted by Crippen LogP contribution is 2.60. The van der Waals surface area contributed by atoms with Gasteiger partial charge in [0.2, 0.25) is 0 Å². The van der Waals surface area contributed by atoms with Gasteiger partial charge in [-0.25, -0.2) is 4.39 Å². The van der Waals surface area contributed by atoms with E-state index in [1.807, 2.05) is 6.26 Å². The predicted octanol–water partition coefficient (Wildman–Crippen LogP) is 3.84. The zero-order valence-corrected chi connectivity index (χ0v) is 18.4. The minimum absolute atomic E-state index is 0.00394. The Morgan fingerprint density at radius 1 is 1.30 bits per heavy atom. The molecule has 2 amide bonds. The second kappa shape index (κ2) is 7.80. The fourth-order valence-corrected chi connectivity index (χ4v) is 5.95. The van der Waals surface area contributed by atoms with Crippen molar-refractivity contribution in [3.63, 3.8) is 0 Å². The number of benzene rings is 1. The first-order chi connectivity index (χ1) is 14.3. The summed E-state index contributed by atoms with van der Waals surface area (Å²) in [4.78, 5) is 25.4. The minimum atomic E-state index is -0.601. The number of amides is 2. The first kappa shape index (κ1) is 21.0. The van der Waals surface area contributed by atoms with Gasteiger partial charge in [-0.1, -0.05) is 17.5 Å². The van der Waals surface area contributed by atoms with Crippen LogP contribution in [0.2, 0.25) is 5.02 Å². The summed E-state index contributed by atoms with van der Waals surface area (Å²) >= 11 is 8.54. The highest BCUT2D eigenvalue weighted by molar-refractivity contribution is 8.00. The number of halogens is 2. The predicted molar refractivity (Wildman–Crippen MR) is 116 cm³/mol. The summed E-state index contributed by atoms with van der Waals surface area (Å²) in [5.41, 5.74) is 0.159. The lowest BCUT2D eigenvalue weighted by molar-refractivity contribution is -0.141. The van der Waals surface area contributed by atoms with Crippen molar-refractivity contribution in [2.24, 2.45) is 0 Å². The van der Waals surface area contributed by atoms with E-state index >= 15 is 0 Å². The summed E-state index contributed by atoms with van der Waals surface area (Å²) in [5.74, 6) is 1.82. The second-order valence-corrected chi connectivity index (χ2v) is 10.2. The summed E-state index contributed by atoms with van der Waals surface area (Å²) in [6, 6.07) is 5.76. The Morgan fingerprint density at radius 3 is 2.60 bits per heavy atom. The smallest absolute Gasteiger partial charge is 0.261 e. The van der Waals surface area contributed by atoms with E-state index in [0.29, 0.717) is 24.1 Å². The van der Waals surface area contributed by atoms with E-state index in [2.05, 4.69) is 16.6 Å². The molecule has 156 valence electrons. The monoisotopic (exact) mass is 464 g/mol. The molecule has 30 heavy (non-hydrogen) atoms. The molecule has 2 N–H and O–H groups in total. The van der Waals surface area contributed by atoms with E-state index in [4.69, 9.17) is 22.8 Å². The molecule has 3 aliphatic carbocycles. The molecule has 3 fully saturated rings. The Kier molecular flexibility index (Phi) is 5.47. The average Bonchev–Trinajstić information content (AvgIpc) is 3.10. The number of carbonyl (C=O) groups is 2. The van der Waals surface area contributed by atoms with E-state index in [1.165, 1.54) is 35.2 Å². The second-order valence-electron chi connectivity index (χ2n) is 7.62. The molecule has 5 nitrogen and oxygen atoms in total. The highest BCUT2D eigenvalue weighted by Gasteiger charge is 2.69. The maximum atomic E-state index is 13.4. The van der Waals surface area contributed by atoms with Crippen molar-refractivity contribution in [1.82, 2.24) is 10.6 Å². The van der Waals surface area contributed by atoms with Gasteiger partial charge in [0, 0.05) is 22.7 Å². The van der Waals surface area contributed by atoms with Crippen LogP contribution in [0.25, 0.3) is 0 Å². The normalized spacial score (nSPS) is 23.5. The number of rotatable bonds is 7. The molecular weight excluding hydrogens is 447 g/mol. The van der Waals surface area contributed by atoms with Crippen molar-refractivity contribution in [1.29, 1.82) is 0 Å². The lowest BCUT2D eigenvalue weighted by Gasteiger charge is -2.70. The third-order valence-electron chi connectivity index (χ3n) is 5.34. The van der Waals surface area contributed by atoms with Gasteiger partial charge in [-0.15, -0.1) is 29.5 Å². The van der Waals surface area contributed by atoms with Crippen molar-refractivity contribution >= 4 is 46.5 Å². The Balaban J connectivity index is 1.26. The minimum Gasteiger partial charge on any atom is -0.484 e. The fourth-order valence-electron chi connectivity index (χ4n) is 4.14. The number of thioether (sulfide) groups is 1. The van der Waals surface area contributed by atoms with Crippen molar-refractivity contribution in [2.45, 2.75) is 34.5 Å². The van der Waals surface area contributed by atoms with Crippen LogP contribution in [0.3, 0.4) is 0 Å². The van der Waals surface area contributed by atoms with Gasteiger partial charge >= 0.3 is 0 Å². The van der Waals surface area contributed by atoms with Gasteiger partial charge in [0.1, 0.15) is 11.6 Å². The molecule has 0 unspecified atom stereocenters. The summed E-state index contributed by atoms with van der Waals surface area (Å²) in [5, 5.41) is 6.05. The van der Waals surface area contributed by atoms with Crippen LogP contribution in [-0.2, 0) is 4.79 Å². The van der Waals surface area contributed by atoms with Crippen molar-refractivity contribution in [3.05, 3.63) is 45.5 Å².